The second-order valence-corrected chi connectivity index (χ2v) is 7.84. The Kier molecular flexibility index (Phi) is 7.12. The van der Waals surface area contributed by atoms with E-state index in [1.165, 1.54) is 5.56 Å². The molecule has 1 atom stereocenters. The van der Waals surface area contributed by atoms with Gasteiger partial charge in [-0.15, -0.1) is 0 Å². The number of carbonyl (C=O) groups excluding carboxylic acids is 1. The van der Waals surface area contributed by atoms with Gasteiger partial charge in [-0.3, -0.25) is 4.90 Å². The van der Waals surface area contributed by atoms with Gasteiger partial charge >= 0.3 is 6.03 Å². The summed E-state index contributed by atoms with van der Waals surface area (Å²) in [4.78, 5) is 16.8. The Labute approximate surface area is 173 Å². The lowest BCUT2D eigenvalue weighted by Gasteiger charge is -2.33. The summed E-state index contributed by atoms with van der Waals surface area (Å²) in [6.45, 7) is 7.18. The zero-order valence-corrected chi connectivity index (χ0v) is 17.5. The number of morpholine rings is 1. The number of ether oxygens (including phenoxy) is 1. The smallest absolute Gasteiger partial charge is 0.317 e. The zero-order valence-electron chi connectivity index (χ0n) is 17.5. The summed E-state index contributed by atoms with van der Waals surface area (Å²) >= 11 is 0. The van der Waals surface area contributed by atoms with Crippen LogP contribution in [-0.4, -0.2) is 53.7 Å². The first-order chi connectivity index (χ1) is 13.9. The van der Waals surface area contributed by atoms with E-state index in [-0.39, 0.29) is 17.9 Å². The molecule has 0 aromatic heterocycles. The summed E-state index contributed by atoms with van der Waals surface area (Å²) in [6.07, 6.45) is -0.228. The van der Waals surface area contributed by atoms with Gasteiger partial charge in [0.2, 0.25) is 0 Å². The maximum atomic E-state index is 12.8. The van der Waals surface area contributed by atoms with Gasteiger partial charge in [0, 0.05) is 25.7 Å². The highest BCUT2D eigenvalue weighted by molar-refractivity contribution is 5.74. The monoisotopic (exact) mass is 397 g/mol. The van der Waals surface area contributed by atoms with Gasteiger partial charge < -0.3 is 20.1 Å². The van der Waals surface area contributed by atoms with E-state index < -0.39 is 0 Å². The van der Waals surface area contributed by atoms with Crippen LogP contribution in [0, 0.1) is 0 Å². The van der Waals surface area contributed by atoms with Crippen LogP contribution in [0.25, 0.3) is 0 Å². The van der Waals surface area contributed by atoms with Crippen LogP contribution in [0.3, 0.4) is 0 Å². The third kappa shape index (κ3) is 5.71. The number of carbonyl (C=O) groups is 1. The van der Waals surface area contributed by atoms with Gasteiger partial charge in [0.15, 0.2) is 0 Å². The van der Waals surface area contributed by atoms with E-state index in [1.54, 1.807) is 23.1 Å². The standard InChI is InChI=1S/C23H31N3O3/c1-17(2)25(3)15-20-8-5-4-7-19(20)14-24-23(28)26-11-12-29-22(16-26)18-9-6-10-21(27)13-18/h4-10,13,17,22,27H,11-12,14-16H2,1-3H3,(H,24,28). The van der Waals surface area contributed by atoms with Crippen LogP contribution in [0.15, 0.2) is 48.5 Å². The number of aromatic hydroxyl groups is 1. The molecule has 6 heteroatoms. The number of phenols is 1. The number of hydrogen-bond acceptors (Lipinski definition) is 4. The number of rotatable bonds is 6. The number of nitrogens with one attached hydrogen (secondary N) is 1. The van der Waals surface area contributed by atoms with E-state index in [2.05, 4.69) is 43.2 Å². The van der Waals surface area contributed by atoms with Crippen LogP contribution >= 0.6 is 0 Å². The summed E-state index contributed by atoms with van der Waals surface area (Å²) in [6, 6.07) is 15.6. The van der Waals surface area contributed by atoms with E-state index in [0.717, 1.165) is 17.7 Å². The van der Waals surface area contributed by atoms with Crippen molar-refractivity contribution in [2.75, 3.05) is 26.7 Å². The van der Waals surface area contributed by atoms with Crippen LogP contribution in [0.4, 0.5) is 4.79 Å². The number of nitrogens with zero attached hydrogens (tertiary/aromatic N) is 2. The molecule has 6 nitrogen and oxygen atoms in total. The molecule has 0 radical (unpaired) electrons. The van der Waals surface area contributed by atoms with Crippen molar-refractivity contribution in [2.24, 2.45) is 0 Å². The molecule has 2 aromatic carbocycles. The molecule has 0 aliphatic carbocycles. The zero-order chi connectivity index (χ0) is 20.8. The molecule has 1 unspecified atom stereocenters. The van der Waals surface area contributed by atoms with Crippen LogP contribution < -0.4 is 5.32 Å². The summed E-state index contributed by atoms with van der Waals surface area (Å²) in [5.74, 6) is 0.204. The lowest BCUT2D eigenvalue weighted by atomic mass is 10.1. The van der Waals surface area contributed by atoms with Crippen molar-refractivity contribution in [3.63, 3.8) is 0 Å². The molecule has 1 fully saturated rings. The Hall–Kier alpha value is -2.57. The lowest BCUT2D eigenvalue weighted by molar-refractivity contribution is -0.0155. The van der Waals surface area contributed by atoms with Crippen molar-refractivity contribution in [2.45, 2.75) is 39.1 Å². The molecule has 2 aromatic rings. The first-order valence-electron chi connectivity index (χ1n) is 10.1. The molecule has 1 saturated heterocycles. The number of hydrogen-bond donors (Lipinski definition) is 2. The van der Waals surface area contributed by atoms with Crippen molar-refractivity contribution in [3.05, 3.63) is 65.2 Å². The Morgan fingerprint density at radius 2 is 2.00 bits per heavy atom. The van der Waals surface area contributed by atoms with E-state index in [4.69, 9.17) is 4.74 Å². The number of urea groups is 1. The minimum atomic E-state index is -0.228. The van der Waals surface area contributed by atoms with Crippen molar-refractivity contribution >= 4 is 6.03 Å². The normalized spacial score (nSPS) is 17.0. The molecular formula is C23H31N3O3. The van der Waals surface area contributed by atoms with E-state index in [1.807, 2.05) is 18.2 Å². The van der Waals surface area contributed by atoms with Crippen LogP contribution in [0.2, 0.25) is 0 Å². The molecule has 1 aliphatic rings. The van der Waals surface area contributed by atoms with Crippen LogP contribution in [0.1, 0.15) is 36.6 Å². The molecule has 29 heavy (non-hydrogen) atoms. The van der Waals surface area contributed by atoms with Crippen molar-refractivity contribution in [3.8, 4) is 5.75 Å². The minimum Gasteiger partial charge on any atom is -0.508 e. The van der Waals surface area contributed by atoms with Crippen LogP contribution in [0.5, 0.6) is 5.75 Å². The molecular weight excluding hydrogens is 366 g/mol. The number of amides is 2. The predicted octanol–water partition coefficient (Wildman–Crippen LogP) is 3.52. The Morgan fingerprint density at radius 1 is 1.24 bits per heavy atom. The average Bonchev–Trinajstić information content (AvgIpc) is 2.73. The van der Waals surface area contributed by atoms with E-state index >= 15 is 0 Å². The third-order valence-electron chi connectivity index (χ3n) is 5.45. The highest BCUT2D eigenvalue weighted by Gasteiger charge is 2.25. The molecule has 0 saturated carbocycles. The molecule has 156 valence electrons. The minimum absolute atomic E-state index is 0.0922. The molecule has 0 bridgehead atoms. The van der Waals surface area contributed by atoms with Crippen molar-refractivity contribution in [1.29, 1.82) is 0 Å². The Balaban J connectivity index is 1.59. The lowest BCUT2D eigenvalue weighted by Crippen LogP contribution is -2.47. The highest BCUT2D eigenvalue weighted by Crippen LogP contribution is 2.25. The second kappa shape index (κ2) is 9.76. The Bertz CT molecular complexity index is 825. The first kappa shape index (κ1) is 21.1. The van der Waals surface area contributed by atoms with Gasteiger partial charge in [0.25, 0.3) is 0 Å². The van der Waals surface area contributed by atoms with Crippen molar-refractivity contribution < 1.29 is 14.6 Å². The fraction of sp³-hybridized carbons (Fsp3) is 0.435. The van der Waals surface area contributed by atoms with Gasteiger partial charge in [-0.1, -0.05) is 36.4 Å². The predicted molar refractivity (Wildman–Crippen MR) is 114 cm³/mol. The summed E-state index contributed by atoms with van der Waals surface area (Å²) < 4.78 is 5.81. The molecule has 2 amide bonds. The molecule has 3 rings (SSSR count). The number of benzene rings is 2. The molecule has 2 N–H and O–H groups in total. The fourth-order valence-corrected chi connectivity index (χ4v) is 3.38. The van der Waals surface area contributed by atoms with Crippen LogP contribution in [-0.2, 0) is 17.8 Å². The SMILES string of the molecule is CC(C)N(C)Cc1ccccc1CNC(=O)N1CCOC(c2cccc(O)c2)C1. The quantitative estimate of drug-likeness (QED) is 0.783. The highest BCUT2D eigenvalue weighted by atomic mass is 16.5. The maximum Gasteiger partial charge on any atom is 0.317 e. The maximum absolute atomic E-state index is 12.8. The number of phenolic OH excluding ortho intramolecular Hbond substituents is 1. The summed E-state index contributed by atoms with van der Waals surface area (Å²) in [5, 5.41) is 12.8. The van der Waals surface area contributed by atoms with Gasteiger partial charge in [0.05, 0.1) is 13.2 Å². The third-order valence-corrected chi connectivity index (χ3v) is 5.45. The fourth-order valence-electron chi connectivity index (χ4n) is 3.38. The second-order valence-electron chi connectivity index (χ2n) is 7.84. The van der Waals surface area contributed by atoms with Gasteiger partial charge in [0.1, 0.15) is 11.9 Å². The molecule has 0 spiro atoms. The largest absolute Gasteiger partial charge is 0.508 e. The van der Waals surface area contributed by atoms with Gasteiger partial charge in [-0.2, -0.15) is 0 Å². The van der Waals surface area contributed by atoms with Crippen molar-refractivity contribution in [1.82, 2.24) is 15.1 Å². The summed E-state index contributed by atoms with van der Waals surface area (Å²) in [5.41, 5.74) is 3.24. The van der Waals surface area contributed by atoms with Gasteiger partial charge in [-0.05, 0) is 49.7 Å². The average molecular weight is 398 g/mol. The first-order valence-corrected chi connectivity index (χ1v) is 10.1. The molecule has 1 aliphatic heterocycles. The topological polar surface area (TPSA) is 65.0 Å². The van der Waals surface area contributed by atoms with Gasteiger partial charge in [-0.25, -0.2) is 4.79 Å². The Morgan fingerprint density at radius 3 is 2.72 bits per heavy atom. The molecule has 1 heterocycles. The van der Waals surface area contributed by atoms with E-state index in [0.29, 0.717) is 32.3 Å². The van der Waals surface area contributed by atoms with E-state index in [9.17, 15) is 9.90 Å². The summed E-state index contributed by atoms with van der Waals surface area (Å²) in [7, 11) is 2.11.